The van der Waals surface area contributed by atoms with Crippen LogP contribution in [0.4, 0.5) is 24.7 Å². The second-order valence-corrected chi connectivity index (χ2v) is 5.42. The smallest absolute Gasteiger partial charge is 0.435 e. The summed E-state index contributed by atoms with van der Waals surface area (Å²) in [6.45, 7) is 0.975. The van der Waals surface area contributed by atoms with Gasteiger partial charge in [0.05, 0.1) is 11.3 Å². The highest BCUT2D eigenvalue weighted by Gasteiger charge is 2.38. The van der Waals surface area contributed by atoms with Gasteiger partial charge in [-0.25, -0.2) is 0 Å². The van der Waals surface area contributed by atoms with Crippen LogP contribution in [-0.2, 0) is 18.0 Å². The van der Waals surface area contributed by atoms with Crippen LogP contribution in [0.3, 0.4) is 0 Å². The molecule has 10 heteroatoms. The van der Waals surface area contributed by atoms with Crippen LogP contribution in [0.1, 0.15) is 21.6 Å². The monoisotopic (exact) mass is 354 g/mol. The number of halogens is 3. The van der Waals surface area contributed by atoms with Crippen LogP contribution in [0.5, 0.6) is 5.75 Å². The van der Waals surface area contributed by atoms with E-state index in [1.165, 1.54) is 26.1 Å². The van der Waals surface area contributed by atoms with Crippen LogP contribution < -0.4 is 15.4 Å². The Balaban J connectivity index is 1.93. The first kappa shape index (κ1) is 16.8. The van der Waals surface area contributed by atoms with Crippen LogP contribution in [0.15, 0.2) is 18.2 Å². The van der Waals surface area contributed by atoms with E-state index in [0.29, 0.717) is 5.69 Å². The molecule has 0 bridgehead atoms. The Morgan fingerprint density at radius 2 is 2.12 bits per heavy atom. The van der Waals surface area contributed by atoms with Crippen LogP contribution in [0.2, 0.25) is 0 Å². The lowest BCUT2D eigenvalue weighted by atomic mass is 10.1. The van der Waals surface area contributed by atoms with E-state index in [2.05, 4.69) is 15.7 Å². The number of hydrogen-bond donors (Lipinski definition) is 2. The van der Waals surface area contributed by atoms with Gasteiger partial charge in [-0.05, 0) is 19.1 Å². The Bertz CT molecular complexity index is 874. The molecule has 132 valence electrons. The summed E-state index contributed by atoms with van der Waals surface area (Å²) in [5, 5.41) is 8.39. The number of hydrogen-bond acceptors (Lipinski definition) is 4. The van der Waals surface area contributed by atoms with E-state index in [9.17, 15) is 22.8 Å². The SMILES string of the molecule is Cc1c(C(F)(F)F)nn(C)c1NC(=O)c1cccc2c1OCC(=O)N2. The maximum atomic E-state index is 12.9. The van der Waals surface area contributed by atoms with E-state index in [1.54, 1.807) is 6.07 Å². The molecule has 1 aliphatic heterocycles. The number of anilines is 2. The molecule has 25 heavy (non-hydrogen) atoms. The molecular weight excluding hydrogens is 341 g/mol. The Kier molecular flexibility index (Phi) is 3.90. The van der Waals surface area contributed by atoms with E-state index >= 15 is 0 Å². The molecule has 0 radical (unpaired) electrons. The number of para-hydroxylation sites is 1. The number of ether oxygens (including phenoxy) is 1. The third-order valence-corrected chi connectivity index (χ3v) is 3.67. The molecule has 0 aliphatic carbocycles. The Morgan fingerprint density at radius 1 is 1.40 bits per heavy atom. The Hall–Kier alpha value is -3.04. The minimum atomic E-state index is -4.62. The lowest BCUT2D eigenvalue weighted by molar-refractivity contribution is -0.141. The lowest BCUT2D eigenvalue weighted by Crippen LogP contribution is -2.27. The molecule has 0 fully saturated rings. The van der Waals surface area contributed by atoms with Crippen LogP contribution in [-0.4, -0.2) is 28.2 Å². The zero-order valence-electron chi connectivity index (χ0n) is 13.2. The van der Waals surface area contributed by atoms with Gasteiger partial charge in [0.25, 0.3) is 11.8 Å². The standard InChI is InChI=1S/C15H13F3N4O3/c1-7-12(15(16,17)18)21-22(2)13(7)20-14(24)8-4-3-5-9-11(8)25-6-10(23)19-9/h3-5H,6H2,1-2H3,(H,19,23)(H,20,24). The quantitative estimate of drug-likeness (QED) is 0.867. The number of carbonyl (C=O) groups excluding carboxylic acids is 2. The van der Waals surface area contributed by atoms with E-state index in [-0.39, 0.29) is 35.2 Å². The molecule has 1 aromatic carbocycles. The molecule has 2 aromatic rings. The van der Waals surface area contributed by atoms with Crippen LogP contribution >= 0.6 is 0 Å². The van der Waals surface area contributed by atoms with Gasteiger partial charge in [-0.1, -0.05) is 6.07 Å². The van der Waals surface area contributed by atoms with E-state index in [1.807, 2.05) is 0 Å². The fourth-order valence-electron chi connectivity index (χ4n) is 2.54. The molecule has 7 nitrogen and oxygen atoms in total. The largest absolute Gasteiger partial charge is 0.481 e. The number of amides is 2. The van der Waals surface area contributed by atoms with Crippen molar-refractivity contribution in [2.45, 2.75) is 13.1 Å². The minimum absolute atomic E-state index is 0.0743. The van der Waals surface area contributed by atoms with Gasteiger partial charge in [0.1, 0.15) is 5.82 Å². The first-order valence-electron chi connectivity index (χ1n) is 7.16. The Labute approximate surface area is 139 Å². The number of aryl methyl sites for hydroxylation is 1. The van der Waals surface area contributed by atoms with E-state index < -0.39 is 17.8 Å². The zero-order chi connectivity index (χ0) is 18.4. The number of aromatic nitrogens is 2. The van der Waals surface area contributed by atoms with Crippen LogP contribution in [0, 0.1) is 6.92 Å². The van der Waals surface area contributed by atoms with Gasteiger partial charge in [0, 0.05) is 12.6 Å². The molecule has 0 saturated heterocycles. The summed E-state index contributed by atoms with van der Waals surface area (Å²) in [5.41, 5.74) is -0.848. The highest BCUT2D eigenvalue weighted by Crippen LogP contribution is 2.35. The number of carbonyl (C=O) groups is 2. The number of nitrogens with zero attached hydrogens (tertiary/aromatic N) is 2. The van der Waals surface area contributed by atoms with Crippen molar-refractivity contribution in [3.8, 4) is 5.75 Å². The summed E-state index contributed by atoms with van der Waals surface area (Å²) >= 11 is 0. The average Bonchev–Trinajstić information content (AvgIpc) is 2.82. The molecule has 1 aliphatic rings. The second kappa shape index (κ2) is 5.80. The topological polar surface area (TPSA) is 85.2 Å². The molecule has 0 spiro atoms. The van der Waals surface area contributed by atoms with Crippen molar-refractivity contribution < 1.29 is 27.5 Å². The molecule has 2 N–H and O–H groups in total. The summed E-state index contributed by atoms with van der Waals surface area (Å²) in [7, 11) is 1.30. The third-order valence-electron chi connectivity index (χ3n) is 3.67. The number of benzene rings is 1. The first-order valence-corrected chi connectivity index (χ1v) is 7.16. The molecule has 1 aromatic heterocycles. The normalized spacial score (nSPS) is 13.7. The number of nitrogens with one attached hydrogen (secondary N) is 2. The van der Waals surface area contributed by atoms with Crippen molar-refractivity contribution in [3.63, 3.8) is 0 Å². The van der Waals surface area contributed by atoms with E-state index in [4.69, 9.17) is 4.74 Å². The summed E-state index contributed by atoms with van der Waals surface area (Å²) in [6, 6.07) is 4.53. The van der Waals surface area contributed by atoms with Crippen molar-refractivity contribution >= 4 is 23.3 Å². The molecule has 0 saturated carbocycles. The lowest BCUT2D eigenvalue weighted by Gasteiger charge is -2.20. The minimum Gasteiger partial charge on any atom is -0.481 e. The fraction of sp³-hybridized carbons (Fsp3) is 0.267. The van der Waals surface area contributed by atoms with Crippen molar-refractivity contribution in [1.82, 2.24) is 9.78 Å². The maximum Gasteiger partial charge on any atom is 0.435 e. The van der Waals surface area contributed by atoms with Crippen molar-refractivity contribution in [2.75, 3.05) is 17.2 Å². The predicted molar refractivity (Wildman–Crippen MR) is 81.5 cm³/mol. The molecule has 2 heterocycles. The molecular formula is C15H13F3N4O3. The first-order chi connectivity index (χ1) is 11.7. The summed E-state index contributed by atoms with van der Waals surface area (Å²) < 4.78 is 45.0. The van der Waals surface area contributed by atoms with Crippen molar-refractivity contribution in [2.24, 2.45) is 7.05 Å². The maximum absolute atomic E-state index is 12.9. The number of rotatable bonds is 2. The molecule has 2 amide bonds. The summed E-state index contributed by atoms with van der Waals surface area (Å²) in [5.74, 6) is -0.944. The van der Waals surface area contributed by atoms with Crippen molar-refractivity contribution in [1.29, 1.82) is 0 Å². The van der Waals surface area contributed by atoms with Gasteiger partial charge in [-0.3, -0.25) is 14.3 Å². The molecule has 3 rings (SSSR count). The highest BCUT2D eigenvalue weighted by molar-refractivity contribution is 6.09. The third kappa shape index (κ3) is 3.02. The number of alkyl halides is 3. The summed E-state index contributed by atoms with van der Waals surface area (Å²) in [6.07, 6.45) is -4.62. The average molecular weight is 354 g/mol. The van der Waals surface area contributed by atoms with Gasteiger partial charge in [-0.2, -0.15) is 18.3 Å². The van der Waals surface area contributed by atoms with Crippen LogP contribution in [0.25, 0.3) is 0 Å². The highest BCUT2D eigenvalue weighted by atomic mass is 19.4. The van der Waals surface area contributed by atoms with E-state index in [0.717, 1.165) is 4.68 Å². The molecule has 0 unspecified atom stereocenters. The van der Waals surface area contributed by atoms with Gasteiger partial charge in [-0.15, -0.1) is 0 Å². The van der Waals surface area contributed by atoms with Gasteiger partial charge in [0.2, 0.25) is 0 Å². The second-order valence-electron chi connectivity index (χ2n) is 5.42. The van der Waals surface area contributed by atoms with Crippen molar-refractivity contribution in [3.05, 3.63) is 35.0 Å². The Morgan fingerprint density at radius 3 is 2.76 bits per heavy atom. The predicted octanol–water partition coefficient (Wildman–Crippen LogP) is 2.33. The summed E-state index contributed by atoms with van der Waals surface area (Å²) in [4.78, 5) is 23.8. The number of fused-ring (bicyclic) bond motifs is 1. The zero-order valence-corrected chi connectivity index (χ0v) is 13.2. The molecule has 0 atom stereocenters. The van der Waals surface area contributed by atoms with Gasteiger partial charge in [0.15, 0.2) is 18.1 Å². The van der Waals surface area contributed by atoms with Gasteiger partial charge >= 0.3 is 6.18 Å². The fourth-order valence-corrected chi connectivity index (χ4v) is 2.54. The van der Waals surface area contributed by atoms with Gasteiger partial charge < -0.3 is 15.4 Å².